The Kier molecular flexibility index (Phi) is 3.69. The van der Waals surface area contributed by atoms with Crippen LogP contribution in [0.15, 0.2) is 24.3 Å². The van der Waals surface area contributed by atoms with Crippen molar-refractivity contribution in [1.82, 2.24) is 10.2 Å². The first kappa shape index (κ1) is 14.4. The van der Waals surface area contributed by atoms with Gasteiger partial charge >= 0.3 is 6.18 Å². The van der Waals surface area contributed by atoms with E-state index in [1.165, 1.54) is 25.1 Å². The summed E-state index contributed by atoms with van der Waals surface area (Å²) in [6.45, 7) is 1.07. The van der Waals surface area contributed by atoms with E-state index in [-0.39, 0.29) is 24.6 Å². The van der Waals surface area contributed by atoms with Crippen LogP contribution in [0.3, 0.4) is 0 Å². The van der Waals surface area contributed by atoms with Gasteiger partial charge in [0.2, 0.25) is 11.8 Å². The molecule has 1 aromatic carbocycles. The molecule has 2 amide bonds. The average Bonchev–Trinajstić information content (AvgIpc) is 2.38. The highest BCUT2D eigenvalue weighted by Gasteiger charge is 2.36. The predicted molar refractivity (Wildman–Crippen MR) is 64.5 cm³/mol. The molecule has 1 saturated heterocycles. The zero-order chi connectivity index (χ0) is 14.9. The molecule has 0 bridgehead atoms. The third-order valence-electron chi connectivity index (χ3n) is 3.24. The van der Waals surface area contributed by atoms with Crippen LogP contribution in [0.4, 0.5) is 13.2 Å². The molecule has 1 N–H and O–H groups in total. The topological polar surface area (TPSA) is 49.4 Å². The van der Waals surface area contributed by atoms with Gasteiger partial charge in [0, 0.05) is 6.54 Å². The maximum Gasteiger partial charge on any atom is 0.416 e. The van der Waals surface area contributed by atoms with Crippen molar-refractivity contribution in [3.05, 3.63) is 35.4 Å². The molecular formula is C13H13F3N2O2. The molecule has 0 aliphatic carbocycles. The number of nitrogens with one attached hydrogen (secondary N) is 1. The van der Waals surface area contributed by atoms with Gasteiger partial charge in [0.05, 0.1) is 12.1 Å². The molecule has 20 heavy (non-hydrogen) atoms. The summed E-state index contributed by atoms with van der Waals surface area (Å²) >= 11 is 0. The number of carbonyl (C=O) groups is 2. The van der Waals surface area contributed by atoms with E-state index in [2.05, 4.69) is 5.32 Å². The molecule has 0 saturated carbocycles. The smallest absolute Gasteiger partial charge is 0.345 e. The third-order valence-corrected chi connectivity index (χ3v) is 3.24. The Morgan fingerprint density at radius 1 is 1.30 bits per heavy atom. The number of carbonyl (C=O) groups excluding carboxylic acids is 2. The molecule has 4 nitrogen and oxygen atoms in total. The van der Waals surface area contributed by atoms with E-state index in [0.717, 1.165) is 11.0 Å². The second-order valence-electron chi connectivity index (χ2n) is 4.57. The fourth-order valence-electron chi connectivity index (χ4n) is 2.11. The van der Waals surface area contributed by atoms with Gasteiger partial charge in [-0.05, 0) is 18.6 Å². The van der Waals surface area contributed by atoms with E-state index >= 15 is 0 Å². The number of hydrogen-bond donors (Lipinski definition) is 1. The van der Waals surface area contributed by atoms with E-state index in [1.54, 1.807) is 0 Å². The summed E-state index contributed by atoms with van der Waals surface area (Å²) in [6, 6.07) is 4.27. The normalized spacial score (nSPS) is 20.0. The molecule has 1 aromatic rings. The molecule has 0 aromatic heterocycles. The second-order valence-corrected chi connectivity index (χ2v) is 4.57. The maximum absolute atomic E-state index is 12.9. The molecule has 7 heteroatoms. The Bertz CT molecular complexity index is 543. The van der Waals surface area contributed by atoms with Gasteiger partial charge in [-0.1, -0.05) is 18.2 Å². The van der Waals surface area contributed by atoms with Crippen molar-refractivity contribution in [1.29, 1.82) is 0 Å². The number of nitrogens with zero attached hydrogens (tertiary/aromatic N) is 1. The molecule has 1 atom stereocenters. The fourth-order valence-corrected chi connectivity index (χ4v) is 2.11. The average molecular weight is 286 g/mol. The predicted octanol–water partition coefficient (Wildman–Crippen LogP) is 1.55. The lowest BCUT2D eigenvalue weighted by Crippen LogP contribution is -2.56. The molecule has 0 radical (unpaired) electrons. The largest absolute Gasteiger partial charge is 0.416 e. The highest BCUT2D eigenvalue weighted by atomic mass is 19.4. The van der Waals surface area contributed by atoms with Crippen LogP contribution in [0.5, 0.6) is 0 Å². The van der Waals surface area contributed by atoms with Crippen LogP contribution in [-0.4, -0.2) is 29.3 Å². The van der Waals surface area contributed by atoms with Gasteiger partial charge in [0.15, 0.2) is 0 Å². The first-order chi connectivity index (χ1) is 9.30. The van der Waals surface area contributed by atoms with E-state index in [9.17, 15) is 22.8 Å². The van der Waals surface area contributed by atoms with Crippen LogP contribution in [-0.2, 0) is 22.3 Å². The number of amides is 2. The minimum atomic E-state index is -4.49. The van der Waals surface area contributed by atoms with E-state index < -0.39 is 23.7 Å². The zero-order valence-electron chi connectivity index (χ0n) is 10.7. The van der Waals surface area contributed by atoms with Gasteiger partial charge in [0.25, 0.3) is 0 Å². The van der Waals surface area contributed by atoms with Crippen molar-refractivity contribution in [2.24, 2.45) is 0 Å². The van der Waals surface area contributed by atoms with Crippen molar-refractivity contribution < 1.29 is 22.8 Å². The highest BCUT2D eigenvalue weighted by molar-refractivity contribution is 5.94. The molecule has 1 aliphatic heterocycles. The van der Waals surface area contributed by atoms with Crippen molar-refractivity contribution in [3.63, 3.8) is 0 Å². The summed E-state index contributed by atoms with van der Waals surface area (Å²) < 4.78 is 38.7. The zero-order valence-corrected chi connectivity index (χ0v) is 10.7. The van der Waals surface area contributed by atoms with E-state index in [1.807, 2.05) is 0 Å². The lowest BCUT2D eigenvalue weighted by molar-refractivity contribution is -0.146. The summed E-state index contributed by atoms with van der Waals surface area (Å²) in [6.07, 6.45) is -4.49. The third kappa shape index (κ3) is 2.76. The molecule has 2 rings (SSSR count). The number of alkyl halides is 3. The minimum Gasteiger partial charge on any atom is -0.345 e. The van der Waals surface area contributed by atoms with Crippen LogP contribution < -0.4 is 5.32 Å². The van der Waals surface area contributed by atoms with Crippen LogP contribution in [0.1, 0.15) is 18.1 Å². The molecule has 108 valence electrons. The van der Waals surface area contributed by atoms with Gasteiger partial charge in [-0.3, -0.25) is 9.59 Å². The summed E-state index contributed by atoms with van der Waals surface area (Å²) in [5, 5.41) is 2.39. The second kappa shape index (κ2) is 5.15. The van der Waals surface area contributed by atoms with Crippen LogP contribution in [0.25, 0.3) is 0 Å². The summed E-state index contributed by atoms with van der Waals surface area (Å²) in [4.78, 5) is 24.4. The van der Waals surface area contributed by atoms with Crippen molar-refractivity contribution >= 4 is 11.8 Å². The van der Waals surface area contributed by atoms with E-state index in [0.29, 0.717) is 0 Å². The van der Waals surface area contributed by atoms with Gasteiger partial charge in [-0.25, -0.2) is 0 Å². The first-order valence-corrected chi connectivity index (χ1v) is 6.03. The SMILES string of the molecule is CC1C(=O)NCC(=O)N1Cc1ccccc1C(F)(F)F. The molecular weight excluding hydrogens is 273 g/mol. The Morgan fingerprint density at radius 2 is 1.95 bits per heavy atom. The number of rotatable bonds is 2. The van der Waals surface area contributed by atoms with Crippen molar-refractivity contribution in [2.45, 2.75) is 25.7 Å². The lowest BCUT2D eigenvalue weighted by Gasteiger charge is -2.33. The van der Waals surface area contributed by atoms with Crippen LogP contribution >= 0.6 is 0 Å². The Morgan fingerprint density at radius 3 is 2.60 bits per heavy atom. The van der Waals surface area contributed by atoms with Crippen LogP contribution in [0.2, 0.25) is 0 Å². The highest BCUT2D eigenvalue weighted by Crippen LogP contribution is 2.32. The van der Waals surface area contributed by atoms with E-state index in [4.69, 9.17) is 0 Å². The summed E-state index contributed by atoms with van der Waals surface area (Å²) in [5.74, 6) is -0.761. The van der Waals surface area contributed by atoms with Gasteiger partial charge in [-0.15, -0.1) is 0 Å². The van der Waals surface area contributed by atoms with Crippen LogP contribution in [0, 0.1) is 0 Å². The lowest BCUT2D eigenvalue weighted by atomic mass is 10.0. The number of piperazine rings is 1. The number of hydrogen-bond acceptors (Lipinski definition) is 2. The standard InChI is InChI=1S/C13H13F3N2O2/c1-8-12(20)17-6-11(19)18(8)7-9-4-2-3-5-10(9)13(14,15)16/h2-5,8H,6-7H2,1H3,(H,17,20). The molecule has 1 fully saturated rings. The van der Waals surface area contributed by atoms with Gasteiger partial charge in [0.1, 0.15) is 6.04 Å². The Labute approximate surface area is 113 Å². The Balaban J connectivity index is 2.30. The quantitative estimate of drug-likeness (QED) is 0.897. The van der Waals surface area contributed by atoms with Gasteiger partial charge in [-0.2, -0.15) is 13.2 Å². The number of halogens is 3. The van der Waals surface area contributed by atoms with Crippen molar-refractivity contribution in [2.75, 3.05) is 6.54 Å². The van der Waals surface area contributed by atoms with Gasteiger partial charge < -0.3 is 10.2 Å². The minimum absolute atomic E-state index is 0.0186. The summed E-state index contributed by atoms with van der Waals surface area (Å²) in [5.41, 5.74) is -0.805. The van der Waals surface area contributed by atoms with Crippen molar-refractivity contribution in [3.8, 4) is 0 Å². The molecule has 1 aliphatic rings. The maximum atomic E-state index is 12.9. The summed E-state index contributed by atoms with van der Waals surface area (Å²) in [7, 11) is 0. The number of benzene rings is 1. The fraction of sp³-hybridized carbons (Fsp3) is 0.385. The molecule has 1 heterocycles. The Hall–Kier alpha value is -2.05. The molecule has 0 spiro atoms. The monoisotopic (exact) mass is 286 g/mol. The molecule has 1 unspecified atom stereocenters. The first-order valence-electron chi connectivity index (χ1n) is 6.03.